The van der Waals surface area contributed by atoms with Crippen LogP contribution in [0.15, 0.2) is 36.4 Å². The maximum atomic E-state index is 13.1. The van der Waals surface area contributed by atoms with Crippen molar-refractivity contribution in [1.29, 1.82) is 0 Å². The lowest BCUT2D eigenvalue weighted by atomic mass is 10.1. The van der Waals surface area contributed by atoms with Crippen molar-refractivity contribution in [2.75, 3.05) is 25.1 Å². The number of nitrogens with zero attached hydrogens (tertiary/aromatic N) is 3. The standard InChI is InChI=1S/C26H32N4O4/c1-4-32-21-16-19(17-22(33-5-2)24(21)34-6-3)26(31)27-20-13-11-18(12-14-20)25-29-28-23-10-8-7-9-15-30(23)25/h11-14,16-17H,4-10,15H2,1-3H3,(H,27,31). The number of amides is 1. The highest BCUT2D eigenvalue weighted by Crippen LogP contribution is 2.39. The summed E-state index contributed by atoms with van der Waals surface area (Å²) in [5, 5.41) is 11.8. The molecule has 2 aromatic carbocycles. The van der Waals surface area contributed by atoms with Crippen molar-refractivity contribution in [3.05, 3.63) is 47.8 Å². The van der Waals surface area contributed by atoms with E-state index in [-0.39, 0.29) is 5.91 Å². The monoisotopic (exact) mass is 464 g/mol. The normalized spacial score (nSPS) is 13.0. The lowest BCUT2D eigenvalue weighted by Crippen LogP contribution is -2.13. The molecule has 4 rings (SSSR count). The van der Waals surface area contributed by atoms with E-state index in [1.807, 2.05) is 45.0 Å². The third-order valence-corrected chi connectivity index (χ3v) is 5.68. The van der Waals surface area contributed by atoms with Gasteiger partial charge < -0.3 is 24.1 Å². The van der Waals surface area contributed by atoms with Gasteiger partial charge in [0, 0.05) is 29.8 Å². The Bertz CT molecular complexity index is 1100. The largest absolute Gasteiger partial charge is 0.490 e. The van der Waals surface area contributed by atoms with Gasteiger partial charge in [-0.1, -0.05) is 6.42 Å². The average molecular weight is 465 g/mol. The van der Waals surface area contributed by atoms with Gasteiger partial charge in [-0.2, -0.15) is 0 Å². The van der Waals surface area contributed by atoms with Crippen LogP contribution in [-0.2, 0) is 13.0 Å². The number of rotatable bonds is 9. The minimum absolute atomic E-state index is 0.256. The molecule has 8 nitrogen and oxygen atoms in total. The summed E-state index contributed by atoms with van der Waals surface area (Å²) in [5.74, 6) is 3.17. The van der Waals surface area contributed by atoms with Crippen LogP contribution in [0.3, 0.4) is 0 Å². The van der Waals surface area contributed by atoms with Gasteiger partial charge in [0.15, 0.2) is 17.3 Å². The minimum atomic E-state index is -0.256. The molecular weight excluding hydrogens is 432 g/mol. The predicted molar refractivity (Wildman–Crippen MR) is 131 cm³/mol. The first-order valence-electron chi connectivity index (χ1n) is 12.0. The molecule has 0 bridgehead atoms. The highest BCUT2D eigenvalue weighted by molar-refractivity contribution is 6.05. The number of carbonyl (C=O) groups excluding carboxylic acids is 1. The fourth-order valence-corrected chi connectivity index (χ4v) is 4.12. The van der Waals surface area contributed by atoms with Crippen LogP contribution in [-0.4, -0.2) is 40.5 Å². The number of ether oxygens (including phenoxy) is 3. The molecule has 0 unspecified atom stereocenters. The molecule has 1 aliphatic heterocycles. The summed E-state index contributed by atoms with van der Waals surface area (Å²) in [6, 6.07) is 11.1. The van der Waals surface area contributed by atoms with Gasteiger partial charge in [0.05, 0.1) is 19.8 Å². The van der Waals surface area contributed by atoms with Gasteiger partial charge in [0.2, 0.25) is 5.75 Å². The number of fused-ring (bicyclic) bond motifs is 1. The van der Waals surface area contributed by atoms with E-state index in [4.69, 9.17) is 14.2 Å². The summed E-state index contributed by atoms with van der Waals surface area (Å²) in [5.41, 5.74) is 2.10. The number of benzene rings is 2. The minimum Gasteiger partial charge on any atom is -0.490 e. The van der Waals surface area contributed by atoms with Gasteiger partial charge in [-0.25, -0.2) is 0 Å². The molecule has 2 heterocycles. The first-order valence-corrected chi connectivity index (χ1v) is 12.0. The summed E-state index contributed by atoms with van der Waals surface area (Å²) < 4.78 is 19.4. The van der Waals surface area contributed by atoms with E-state index in [0.29, 0.717) is 48.3 Å². The Hall–Kier alpha value is -3.55. The number of nitrogens with one attached hydrogen (secondary N) is 1. The second kappa shape index (κ2) is 11.0. The van der Waals surface area contributed by atoms with Crippen molar-refractivity contribution >= 4 is 11.6 Å². The van der Waals surface area contributed by atoms with Crippen molar-refractivity contribution in [2.45, 2.75) is 53.0 Å². The molecule has 1 amide bonds. The number of anilines is 1. The Morgan fingerprint density at radius 1 is 0.912 bits per heavy atom. The van der Waals surface area contributed by atoms with E-state index in [1.165, 1.54) is 6.42 Å². The topological polar surface area (TPSA) is 87.5 Å². The van der Waals surface area contributed by atoms with Crippen LogP contribution in [0, 0.1) is 0 Å². The quantitative estimate of drug-likeness (QED) is 0.473. The fourth-order valence-electron chi connectivity index (χ4n) is 4.12. The lowest BCUT2D eigenvalue weighted by molar-refractivity contribution is 0.102. The van der Waals surface area contributed by atoms with Gasteiger partial charge >= 0.3 is 0 Å². The van der Waals surface area contributed by atoms with Crippen molar-refractivity contribution in [2.24, 2.45) is 0 Å². The molecular formula is C26H32N4O4. The van der Waals surface area contributed by atoms with Crippen LogP contribution < -0.4 is 19.5 Å². The Kier molecular flexibility index (Phi) is 7.67. The van der Waals surface area contributed by atoms with Crippen LogP contribution in [0.4, 0.5) is 5.69 Å². The summed E-state index contributed by atoms with van der Waals surface area (Å²) >= 11 is 0. The molecule has 0 saturated heterocycles. The molecule has 8 heteroatoms. The van der Waals surface area contributed by atoms with Crippen molar-refractivity contribution < 1.29 is 19.0 Å². The summed E-state index contributed by atoms with van der Waals surface area (Å²) in [7, 11) is 0. The van der Waals surface area contributed by atoms with E-state index in [2.05, 4.69) is 20.1 Å². The lowest BCUT2D eigenvalue weighted by Gasteiger charge is -2.17. The summed E-state index contributed by atoms with van der Waals surface area (Å²) in [6.07, 6.45) is 4.48. The molecule has 180 valence electrons. The Morgan fingerprint density at radius 2 is 1.59 bits per heavy atom. The summed E-state index contributed by atoms with van der Waals surface area (Å²) in [6.45, 7) is 7.98. The number of carbonyl (C=O) groups is 1. The van der Waals surface area contributed by atoms with E-state index < -0.39 is 0 Å². The van der Waals surface area contributed by atoms with E-state index in [1.54, 1.807) is 12.1 Å². The van der Waals surface area contributed by atoms with E-state index in [9.17, 15) is 4.79 Å². The molecule has 1 aliphatic rings. The van der Waals surface area contributed by atoms with Crippen molar-refractivity contribution in [3.8, 4) is 28.6 Å². The van der Waals surface area contributed by atoms with Gasteiger partial charge in [-0.05, 0) is 70.0 Å². The summed E-state index contributed by atoms with van der Waals surface area (Å²) in [4.78, 5) is 13.1. The first-order chi connectivity index (χ1) is 16.6. The molecule has 0 atom stereocenters. The van der Waals surface area contributed by atoms with Crippen LogP contribution in [0.5, 0.6) is 17.2 Å². The number of aromatic nitrogens is 3. The Labute approximate surface area is 200 Å². The SMILES string of the molecule is CCOc1cc(C(=O)Nc2ccc(-c3nnc4n3CCCCC4)cc2)cc(OCC)c1OCC. The molecule has 0 spiro atoms. The van der Waals surface area contributed by atoms with Crippen LogP contribution in [0.1, 0.15) is 56.2 Å². The number of hydrogen-bond acceptors (Lipinski definition) is 6. The molecule has 1 N–H and O–H groups in total. The maximum Gasteiger partial charge on any atom is 0.255 e. The third kappa shape index (κ3) is 5.16. The second-order valence-corrected chi connectivity index (χ2v) is 8.03. The second-order valence-electron chi connectivity index (χ2n) is 8.03. The zero-order valence-electron chi connectivity index (χ0n) is 20.1. The predicted octanol–water partition coefficient (Wildman–Crippen LogP) is 5.12. The average Bonchev–Trinajstić information content (AvgIpc) is 3.09. The van der Waals surface area contributed by atoms with Gasteiger partial charge in [-0.15, -0.1) is 10.2 Å². The van der Waals surface area contributed by atoms with Gasteiger partial charge in [0.25, 0.3) is 5.91 Å². The van der Waals surface area contributed by atoms with Crippen molar-refractivity contribution in [3.63, 3.8) is 0 Å². The molecule has 0 radical (unpaired) electrons. The van der Waals surface area contributed by atoms with Crippen LogP contribution in [0.2, 0.25) is 0 Å². The van der Waals surface area contributed by atoms with Gasteiger partial charge in [0.1, 0.15) is 5.82 Å². The zero-order valence-corrected chi connectivity index (χ0v) is 20.1. The molecule has 3 aromatic rings. The number of hydrogen-bond donors (Lipinski definition) is 1. The highest BCUT2D eigenvalue weighted by Gasteiger charge is 2.19. The van der Waals surface area contributed by atoms with Gasteiger partial charge in [-0.3, -0.25) is 4.79 Å². The van der Waals surface area contributed by atoms with E-state index in [0.717, 1.165) is 43.0 Å². The molecule has 0 aliphatic carbocycles. The molecule has 1 aromatic heterocycles. The molecule has 0 fully saturated rings. The van der Waals surface area contributed by atoms with Crippen LogP contribution in [0.25, 0.3) is 11.4 Å². The van der Waals surface area contributed by atoms with Crippen LogP contribution >= 0.6 is 0 Å². The zero-order chi connectivity index (χ0) is 23.9. The Balaban J connectivity index is 1.54. The smallest absolute Gasteiger partial charge is 0.255 e. The number of aryl methyl sites for hydroxylation is 1. The Morgan fingerprint density at radius 3 is 2.24 bits per heavy atom. The molecule has 34 heavy (non-hydrogen) atoms. The fraction of sp³-hybridized carbons (Fsp3) is 0.423. The van der Waals surface area contributed by atoms with E-state index >= 15 is 0 Å². The third-order valence-electron chi connectivity index (χ3n) is 5.68. The highest BCUT2D eigenvalue weighted by atomic mass is 16.5. The van der Waals surface area contributed by atoms with Crippen molar-refractivity contribution in [1.82, 2.24) is 14.8 Å². The molecule has 0 saturated carbocycles. The first kappa shape index (κ1) is 23.6. The maximum absolute atomic E-state index is 13.1.